The number of fused-ring (bicyclic) bond motifs is 3. The molecule has 0 bridgehead atoms. The van der Waals surface area contributed by atoms with Crippen LogP contribution in [0.5, 0.6) is 0 Å². The van der Waals surface area contributed by atoms with Crippen LogP contribution in [0.25, 0.3) is 0 Å². The standard InChI is InChI=1S/C30H28F9NO5S/c31-20-4-6-21(7-5-20)46(44,45)27-12-1-15-40(25(43)26(32)13-10-17(11-14-26)24(41)42)23(27)9-2-18-16-19(3-8-22(18)27)28(33,29(34,35)36)30(37,38)39/h3-8,16-17,23H,1-2,9-15H2,(H,41,42)/t17-,23?,26+,27?. The third-order valence-electron chi connectivity index (χ3n) is 9.66. The number of carbonyl (C=O) groups excluding carboxylic acids is 1. The van der Waals surface area contributed by atoms with Crippen molar-refractivity contribution in [3.05, 3.63) is 65.0 Å². The van der Waals surface area contributed by atoms with Gasteiger partial charge in [-0.2, -0.15) is 26.3 Å². The van der Waals surface area contributed by atoms with Crippen LogP contribution in [0, 0.1) is 11.7 Å². The monoisotopic (exact) mass is 685 g/mol. The number of hydrogen-bond acceptors (Lipinski definition) is 4. The molecule has 1 aliphatic heterocycles. The zero-order chi connectivity index (χ0) is 34.1. The number of nitrogens with zero attached hydrogens (tertiary/aromatic N) is 1. The Hall–Kier alpha value is -3.30. The predicted octanol–water partition coefficient (Wildman–Crippen LogP) is 6.70. The topological polar surface area (TPSA) is 91.8 Å². The second-order valence-corrected chi connectivity index (χ2v) is 14.3. The van der Waals surface area contributed by atoms with Crippen molar-refractivity contribution >= 4 is 21.7 Å². The summed E-state index contributed by atoms with van der Waals surface area (Å²) in [5, 5.41) is 9.29. The van der Waals surface area contributed by atoms with Gasteiger partial charge in [-0.1, -0.05) is 18.2 Å². The van der Waals surface area contributed by atoms with E-state index in [-0.39, 0.29) is 62.3 Å². The lowest BCUT2D eigenvalue weighted by atomic mass is 9.71. The van der Waals surface area contributed by atoms with Gasteiger partial charge < -0.3 is 10.0 Å². The Kier molecular flexibility index (Phi) is 8.25. The number of likely N-dealkylation sites (tertiary alicyclic amines) is 1. The lowest BCUT2D eigenvalue weighted by Crippen LogP contribution is -2.64. The Labute approximate surface area is 257 Å². The first-order valence-electron chi connectivity index (χ1n) is 14.4. The van der Waals surface area contributed by atoms with Crippen molar-refractivity contribution in [3.63, 3.8) is 0 Å². The van der Waals surface area contributed by atoms with Crippen molar-refractivity contribution in [3.8, 4) is 0 Å². The number of halogens is 9. The molecular weight excluding hydrogens is 657 g/mol. The van der Waals surface area contributed by atoms with Gasteiger partial charge in [-0.3, -0.25) is 9.59 Å². The molecule has 1 saturated carbocycles. The van der Waals surface area contributed by atoms with E-state index in [2.05, 4.69) is 0 Å². The van der Waals surface area contributed by atoms with Crippen LogP contribution in [-0.4, -0.2) is 60.9 Å². The Morgan fingerprint density at radius 1 is 0.870 bits per heavy atom. The van der Waals surface area contributed by atoms with Crippen molar-refractivity contribution < 1.29 is 62.6 Å². The van der Waals surface area contributed by atoms with Gasteiger partial charge in [0, 0.05) is 12.1 Å². The molecule has 2 aliphatic carbocycles. The SMILES string of the molecule is O=C(O)[C@H]1CC[C@](F)(C(=O)N2CCCC3(S(=O)(=O)c4ccc(F)cc4)c4ccc(C(F)(C(F)(F)F)C(F)(F)F)cc4CCC23)CC1. The fourth-order valence-corrected chi connectivity index (χ4v) is 9.74. The third kappa shape index (κ3) is 5.05. The molecule has 3 aliphatic rings. The lowest BCUT2D eigenvalue weighted by molar-refractivity contribution is -0.348. The van der Waals surface area contributed by atoms with Crippen molar-refractivity contribution in [2.24, 2.45) is 5.92 Å². The lowest BCUT2D eigenvalue weighted by Gasteiger charge is -2.53. The minimum atomic E-state index is -6.42. The summed E-state index contributed by atoms with van der Waals surface area (Å²) in [4.78, 5) is 25.8. The van der Waals surface area contributed by atoms with Gasteiger partial charge in [0.15, 0.2) is 15.5 Å². The average molecular weight is 686 g/mol. The number of piperidine rings is 1. The molecule has 1 amide bonds. The van der Waals surface area contributed by atoms with Crippen LogP contribution in [0.4, 0.5) is 39.5 Å². The van der Waals surface area contributed by atoms with Crippen LogP contribution in [0.1, 0.15) is 61.6 Å². The number of benzene rings is 2. The third-order valence-corrected chi connectivity index (χ3v) is 12.2. The Bertz CT molecular complexity index is 1620. The summed E-state index contributed by atoms with van der Waals surface area (Å²) in [6, 6.07) is 3.37. The molecule has 5 rings (SSSR count). The average Bonchev–Trinajstić information content (AvgIpc) is 2.98. The van der Waals surface area contributed by atoms with E-state index >= 15 is 8.78 Å². The summed E-state index contributed by atoms with van der Waals surface area (Å²) >= 11 is 0. The second kappa shape index (κ2) is 11.2. The van der Waals surface area contributed by atoms with Crippen LogP contribution in [0.3, 0.4) is 0 Å². The number of aryl methyl sites for hydroxylation is 1. The molecule has 1 heterocycles. The zero-order valence-electron chi connectivity index (χ0n) is 23.9. The van der Waals surface area contributed by atoms with Crippen LogP contribution >= 0.6 is 0 Å². The first-order valence-corrected chi connectivity index (χ1v) is 15.9. The first-order chi connectivity index (χ1) is 21.2. The molecule has 2 fully saturated rings. The Morgan fingerprint density at radius 2 is 1.46 bits per heavy atom. The number of amides is 1. The summed E-state index contributed by atoms with van der Waals surface area (Å²) in [5.41, 5.74) is -10.7. The van der Waals surface area contributed by atoms with Gasteiger partial charge >= 0.3 is 24.0 Å². The van der Waals surface area contributed by atoms with Gasteiger partial charge in [0.25, 0.3) is 5.91 Å². The maximum absolute atomic E-state index is 16.2. The van der Waals surface area contributed by atoms with Gasteiger partial charge in [0.1, 0.15) is 10.6 Å². The van der Waals surface area contributed by atoms with Crippen LogP contribution < -0.4 is 0 Å². The quantitative estimate of drug-likeness (QED) is 0.280. The van der Waals surface area contributed by atoms with E-state index in [9.17, 15) is 53.8 Å². The summed E-state index contributed by atoms with van der Waals surface area (Å²) in [6.45, 7) is -0.138. The molecule has 1 N–H and O–H groups in total. The highest BCUT2D eigenvalue weighted by Gasteiger charge is 2.74. The zero-order valence-corrected chi connectivity index (χ0v) is 24.7. The maximum Gasteiger partial charge on any atom is 0.435 e. The van der Waals surface area contributed by atoms with Gasteiger partial charge in [0.05, 0.1) is 16.9 Å². The summed E-state index contributed by atoms with van der Waals surface area (Å²) in [6.07, 6.45) is -15.2. The molecule has 2 aromatic carbocycles. The number of carbonyl (C=O) groups is 2. The molecule has 2 unspecified atom stereocenters. The van der Waals surface area contributed by atoms with E-state index in [0.29, 0.717) is 12.1 Å². The summed E-state index contributed by atoms with van der Waals surface area (Å²) in [7, 11) is -4.75. The summed E-state index contributed by atoms with van der Waals surface area (Å²) in [5.74, 6) is -3.95. The minimum Gasteiger partial charge on any atom is -0.481 e. The highest BCUT2D eigenvalue weighted by atomic mass is 32.2. The van der Waals surface area contributed by atoms with Gasteiger partial charge in [-0.25, -0.2) is 21.6 Å². The van der Waals surface area contributed by atoms with Gasteiger partial charge in [-0.15, -0.1) is 0 Å². The molecule has 0 spiro atoms. The van der Waals surface area contributed by atoms with E-state index in [4.69, 9.17) is 0 Å². The van der Waals surface area contributed by atoms with E-state index in [1.54, 1.807) is 0 Å². The number of alkyl halides is 8. The second-order valence-electron chi connectivity index (χ2n) is 12.1. The molecule has 1 saturated heterocycles. The largest absolute Gasteiger partial charge is 0.481 e. The molecule has 46 heavy (non-hydrogen) atoms. The molecule has 252 valence electrons. The van der Waals surface area contributed by atoms with Crippen molar-refractivity contribution in [2.75, 3.05) is 6.54 Å². The fraction of sp³-hybridized carbons (Fsp3) is 0.533. The molecular formula is C30H28F9NO5S. The first kappa shape index (κ1) is 34.0. The number of sulfone groups is 1. The predicted molar refractivity (Wildman–Crippen MR) is 143 cm³/mol. The normalized spacial score (nSPS) is 27.5. The van der Waals surface area contributed by atoms with Crippen LogP contribution in [0.2, 0.25) is 0 Å². The van der Waals surface area contributed by atoms with Crippen molar-refractivity contribution in [1.82, 2.24) is 4.90 Å². The molecule has 0 radical (unpaired) electrons. The van der Waals surface area contributed by atoms with E-state index in [0.717, 1.165) is 29.2 Å². The number of carboxylic acids is 1. The fourth-order valence-electron chi connectivity index (χ4n) is 7.32. The number of aliphatic carboxylic acids is 1. The molecule has 2 aromatic rings. The van der Waals surface area contributed by atoms with Crippen LogP contribution in [0.15, 0.2) is 47.4 Å². The van der Waals surface area contributed by atoms with Crippen molar-refractivity contribution in [1.29, 1.82) is 0 Å². The van der Waals surface area contributed by atoms with E-state index < -0.39 is 91.2 Å². The maximum atomic E-state index is 16.2. The molecule has 0 aromatic heterocycles. The summed E-state index contributed by atoms with van der Waals surface area (Å²) < 4.78 is 153. The highest BCUT2D eigenvalue weighted by Crippen LogP contribution is 2.57. The number of hydrogen-bond donors (Lipinski definition) is 1. The minimum absolute atomic E-state index is 0.0875. The van der Waals surface area contributed by atoms with Crippen LogP contribution in [-0.2, 0) is 36.3 Å². The highest BCUT2D eigenvalue weighted by molar-refractivity contribution is 7.92. The Balaban J connectivity index is 1.67. The smallest absolute Gasteiger partial charge is 0.435 e. The van der Waals surface area contributed by atoms with E-state index in [1.165, 1.54) is 0 Å². The van der Waals surface area contributed by atoms with Crippen molar-refractivity contribution in [2.45, 2.75) is 90.7 Å². The molecule has 16 heteroatoms. The molecule has 6 nitrogen and oxygen atoms in total. The number of carboxylic acid groups (broad SMARTS) is 1. The van der Waals surface area contributed by atoms with E-state index in [1.807, 2.05) is 0 Å². The molecule has 2 atom stereocenters. The van der Waals surface area contributed by atoms with Gasteiger partial charge in [-0.05, 0) is 86.8 Å². The Morgan fingerprint density at radius 3 is 2.00 bits per heavy atom. The van der Waals surface area contributed by atoms with Gasteiger partial charge in [0.2, 0.25) is 0 Å². The number of rotatable bonds is 5.